The summed E-state index contributed by atoms with van der Waals surface area (Å²) in [6, 6.07) is 4.40. The Morgan fingerprint density at radius 3 is 2.61 bits per heavy atom. The summed E-state index contributed by atoms with van der Waals surface area (Å²) in [6.45, 7) is 5.22. The van der Waals surface area contributed by atoms with E-state index in [0.717, 1.165) is 40.1 Å². The summed E-state index contributed by atoms with van der Waals surface area (Å²) in [7, 11) is 0. The lowest BCUT2D eigenvalue weighted by Crippen LogP contribution is -2.11. The Kier molecular flexibility index (Phi) is 5.41. The van der Waals surface area contributed by atoms with Crippen molar-refractivity contribution in [3.8, 4) is 11.3 Å². The maximum absolute atomic E-state index is 14.5. The zero-order chi connectivity index (χ0) is 23.3. The first-order valence-corrected chi connectivity index (χ1v) is 12.1. The van der Waals surface area contributed by atoms with Crippen LogP contribution in [0.5, 0.6) is 0 Å². The van der Waals surface area contributed by atoms with Crippen molar-refractivity contribution in [2.75, 3.05) is 10.6 Å². The van der Waals surface area contributed by atoms with Gasteiger partial charge in [0.2, 0.25) is 5.91 Å². The summed E-state index contributed by atoms with van der Waals surface area (Å²) in [5.74, 6) is 0.247. The number of aryl methyl sites for hydroxylation is 2. The number of nitrogens with one attached hydrogen (secondary N) is 2. The molecular formula is C23H20FN5O2S2. The fourth-order valence-corrected chi connectivity index (χ4v) is 5.55. The number of thiophene rings is 1. The van der Waals surface area contributed by atoms with Gasteiger partial charge >= 0.3 is 0 Å². The Morgan fingerprint density at radius 2 is 1.91 bits per heavy atom. The number of carbonyl (C=O) groups is 2. The smallest absolute Gasteiger partial charge is 0.267 e. The first-order valence-electron chi connectivity index (χ1n) is 10.4. The van der Waals surface area contributed by atoms with Crippen LogP contribution >= 0.6 is 22.7 Å². The van der Waals surface area contributed by atoms with E-state index >= 15 is 0 Å². The minimum absolute atomic E-state index is 0.273. The predicted molar refractivity (Wildman–Crippen MR) is 129 cm³/mol. The molecule has 10 heteroatoms. The average molecular weight is 482 g/mol. The van der Waals surface area contributed by atoms with E-state index in [-0.39, 0.29) is 17.4 Å². The van der Waals surface area contributed by atoms with E-state index in [9.17, 15) is 14.0 Å². The highest BCUT2D eigenvalue weighted by molar-refractivity contribution is 7.21. The maximum Gasteiger partial charge on any atom is 0.267 e. The molecule has 2 amide bonds. The molecule has 1 aliphatic rings. The molecule has 5 rings (SSSR count). The van der Waals surface area contributed by atoms with E-state index in [1.165, 1.54) is 35.7 Å². The first kappa shape index (κ1) is 21.6. The van der Waals surface area contributed by atoms with Gasteiger partial charge in [0, 0.05) is 34.9 Å². The van der Waals surface area contributed by atoms with Crippen molar-refractivity contribution >= 4 is 55.5 Å². The zero-order valence-electron chi connectivity index (χ0n) is 18.2. The second-order valence-corrected chi connectivity index (χ2v) is 9.90. The topological polar surface area (TPSA) is 96.9 Å². The quantitative estimate of drug-likeness (QED) is 0.383. The van der Waals surface area contributed by atoms with Gasteiger partial charge in [0.15, 0.2) is 5.13 Å². The van der Waals surface area contributed by atoms with Crippen LogP contribution in [0.4, 0.5) is 15.2 Å². The molecule has 7 nitrogen and oxygen atoms in total. The van der Waals surface area contributed by atoms with E-state index in [2.05, 4.69) is 20.6 Å². The lowest BCUT2D eigenvalue weighted by molar-refractivity contribution is -0.114. The standard InChI is InChI=1S/C23H20FN5O2S2/c1-10-18-11(2)25-20(13-4-5-13)28-22(18)33-19(10)21(31)29-23-27-17(9-32-23)15-7-6-14(8-16(15)24)26-12(3)30/h6-9,13H,4-5H2,1-3H3,(H,26,30)(H,27,29,31). The highest BCUT2D eigenvalue weighted by Gasteiger charge is 2.28. The number of hydrogen-bond donors (Lipinski definition) is 2. The van der Waals surface area contributed by atoms with Crippen molar-refractivity contribution in [3.63, 3.8) is 0 Å². The molecule has 0 spiro atoms. The molecule has 2 N–H and O–H groups in total. The van der Waals surface area contributed by atoms with Crippen molar-refractivity contribution in [1.82, 2.24) is 15.0 Å². The molecule has 1 aliphatic carbocycles. The van der Waals surface area contributed by atoms with Gasteiger partial charge in [0.25, 0.3) is 5.91 Å². The summed E-state index contributed by atoms with van der Waals surface area (Å²) in [6.07, 6.45) is 2.23. The molecule has 3 heterocycles. The average Bonchev–Trinajstić information content (AvgIpc) is 3.41. The third-order valence-corrected chi connectivity index (χ3v) is 7.37. The monoisotopic (exact) mass is 481 g/mol. The molecule has 1 saturated carbocycles. The Hall–Kier alpha value is -3.24. The largest absolute Gasteiger partial charge is 0.326 e. The molecule has 1 fully saturated rings. The van der Waals surface area contributed by atoms with Crippen LogP contribution in [-0.2, 0) is 4.79 Å². The highest BCUT2D eigenvalue weighted by atomic mass is 32.1. The lowest BCUT2D eigenvalue weighted by atomic mass is 10.1. The van der Waals surface area contributed by atoms with Crippen molar-refractivity contribution in [2.24, 2.45) is 0 Å². The number of rotatable bonds is 5. The molecular weight excluding hydrogens is 461 g/mol. The molecule has 0 radical (unpaired) electrons. The molecule has 0 unspecified atom stereocenters. The molecule has 3 aromatic heterocycles. The maximum atomic E-state index is 14.5. The number of benzene rings is 1. The van der Waals surface area contributed by atoms with Crippen molar-refractivity contribution < 1.29 is 14.0 Å². The first-order chi connectivity index (χ1) is 15.8. The minimum atomic E-state index is -0.509. The highest BCUT2D eigenvalue weighted by Crippen LogP contribution is 2.40. The van der Waals surface area contributed by atoms with E-state index in [1.807, 2.05) is 13.8 Å². The van der Waals surface area contributed by atoms with Gasteiger partial charge in [-0.3, -0.25) is 14.9 Å². The molecule has 168 valence electrons. The van der Waals surface area contributed by atoms with Crippen molar-refractivity contribution in [2.45, 2.75) is 39.5 Å². The number of fused-ring (bicyclic) bond motifs is 1. The normalized spacial score (nSPS) is 13.3. The van der Waals surface area contributed by atoms with E-state index in [0.29, 0.717) is 27.3 Å². The van der Waals surface area contributed by atoms with Crippen molar-refractivity contribution in [1.29, 1.82) is 0 Å². The van der Waals surface area contributed by atoms with Gasteiger partial charge < -0.3 is 5.32 Å². The van der Waals surface area contributed by atoms with Gasteiger partial charge in [-0.25, -0.2) is 19.3 Å². The van der Waals surface area contributed by atoms with E-state index < -0.39 is 5.82 Å². The Labute approximate surface area is 197 Å². The molecule has 0 aliphatic heterocycles. The van der Waals surface area contributed by atoms with Gasteiger partial charge in [-0.05, 0) is 50.5 Å². The number of thiazole rings is 1. The van der Waals surface area contributed by atoms with Crippen LogP contribution in [-0.4, -0.2) is 26.8 Å². The molecule has 0 bridgehead atoms. The summed E-state index contributed by atoms with van der Waals surface area (Å²) >= 11 is 2.57. The molecule has 0 saturated heterocycles. The summed E-state index contributed by atoms with van der Waals surface area (Å²) in [5, 5.41) is 8.35. The van der Waals surface area contributed by atoms with Gasteiger partial charge in [-0.1, -0.05) is 0 Å². The van der Waals surface area contributed by atoms with Crippen LogP contribution in [0.25, 0.3) is 21.5 Å². The second-order valence-electron chi connectivity index (χ2n) is 8.05. The summed E-state index contributed by atoms with van der Waals surface area (Å²) in [5.41, 5.74) is 2.81. The summed E-state index contributed by atoms with van der Waals surface area (Å²) < 4.78 is 14.5. The minimum Gasteiger partial charge on any atom is -0.326 e. The number of anilines is 2. The predicted octanol–water partition coefficient (Wildman–Crippen LogP) is 5.66. The molecule has 4 aromatic rings. The third kappa shape index (κ3) is 4.23. The lowest BCUT2D eigenvalue weighted by Gasteiger charge is -2.05. The second kappa shape index (κ2) is 8.27. The van der Waals surface area contributed by atoms with Crippen LogP contribution < -0.4 is 10.6 Å². The fourth-order valence-electron chi connectivity index (χ4n) is 3.71. The summed E-state index contributed by atoms with van der Waals surface area (Å²) in [4.78, 5) is 39.3. The fraction of sp³-hybridized carbons (Fsp3) is 0.261. The van der Waals surface area contributed by atoms with Gasteiger partial charge in [0.1, 0.15) is 16.5 Å². The molecule has 0 atom stereocenters. The number of carbonyl (C=O) groups excluding carboxylic acids is 2. The third-order valence-electron chi connectivity index (χ3n) is 5.43. The van der Waals surface area contributed by atoms with Crippen LogP contribution in [0.1, 0.15) is 52.4 Å². The molecule has 1 aromatic carbocycles. The number of hydrogen-bond acceptors (Lipinski definition) is 7. The number of halogens is 1. The Bertz CT molecular complexity index is 1420. The van der Waals surface area contributed by atoms with Gasteiger partial charge in [-0.2, -0.15) is 0 Å². The van der Waals surface area contributed by atoms with Crippen LogP contribution in [0.2, 0.25) is 0 Å². The van der Waals surface area contributed by atoms with Gasteiger partial charge in [0.05, 0.1) is 16.3 Å². The number of aromatic nitrogens is 3. The van der Waals surface area contributed by atoms with E-state index in [4.69, 9.17) is 4.98 Å². The van der Waals surface area contributed by atoms with Crippen LogP contribution in [0.15, 0.2) is 23.6 Å². The number of amides is 2. The van der Waals surface area contributed by atoms with Crippen LogP contribution in [0.3, 0.4) is 0 Å². The Balaban J connectivity index is 1.38. The zero-order valence-corrected chi connectivity index (χ0v) is 19.8. The molecule has 33 heavy (non-hydrogen) atoms. The van der Waals surface area contributed by atoms with Gasteiger partial charge in [-0.15, -0.1) is 22.7 Å². The Morgan fingerprint density at radius 1 is 1.12 bits per heavy atom. The SMILES string of the molecule is CC(=O)Nc1ccc(-c2csc(NC(=O)c3sc4nc(C5CC5)nc(C)c4c3C)n2)c(F)c1. The van der Waals surface area contributed by atoms with Crippen LogP contribution in [0, 0.1) is 19.7 Å². The van der Waals surface area contributed by atoms with Crippen molar-refractivity contribution in [3.05, 3.63) is 51.4 Å². The number of nitrogens with zero attached hydrogens (tertiary/aromatic N) is 3. The van der Waals surface area contributed by atoms with E-state index in [1.54, 1.807) is 17.5 Å².